The Morgan fingerprint density at radius 2 is 2.29 bits per heavy atom. The second-order valence-corrected chi connectivity index (χ2v) is 4.35. The molecule has 0 fully saturated rings. The van der Waals surface area contributed by atoms with Crippen molar-refractivity contribution in [2.45, 2.75) is 6.92 Å². The van der Waals surface area contributed by atoms with Crippen molar-refractivity contribution in [3.05, 3.63) is 29.8 Å². The highest BCUT2D eigenvalue weighted by atomic mass is 32.1. The fourth-order valence-corrected chi connectivity index (χ4v) is 1.41. The number of carbonyl (C=O) groups is 1. The third kappa shape index (κ3) is 3.74. The molecular formula is C11H14FN3OS. The Kier molecular flexibility index (Phi) is 4.51. The molecule has 17 heavy (non-hydrogen) atoms. The van der Waals surface area contributed by atoms with Gasteiger partial charge in [-0.15, -0.1) is 0 Å². The van der Waals surface area contributed by atoms with Crippen molar-refractivity contribution in [1.29, 1.82) is 0 Å². The molecule has 6 heteroatoms. The van der Waals surface area contributed by atoms with Gasteiger partial charge in [-0.3, -0.25) is 9.78 Å². The third-order valence-corrected chi connectivity index (χ3v) is 2.73. The zero-order chi connectivity index (χ0) is 13.0. The van der Waals surface area contributed by atoms with Crippen LogP contribution in [0, 0.1) is 11.7 Å². The number of nitrogens with zero attached hydrogens (tertiary/aromatic N) is 2. The molecule has 0 saturated heterocycles. The molecule has 1 unspecified atom stereocenters. The van der Waals surface area contributed by atoms with Crippen LogP contribution < -0.4 is 5.73 Å². The van der Waals surface area contributed by atoms with E-state index in [9.17, 15) is 9.18 Å². The minimum Gasteiger partial charge on any atom is -0.393 e. The summed E-state index contributed by atoms with van der Waals surface area (Å²) >= 11 is 4.83. The van der Waals surface area contributed by atoms with Crippen molar-refractivity contribution in [1.82, 2.24) is 9.88 Å². The molecule has 0 aliphatic rings. The summed E-state index contributed by atoms with van der Waals surface area (Å²) in [6, 6.07) is 1.15. The molecule has 1 aromatic rings. The lowest BCUT2D eigenvalue weighted by Gasteiger charge is -2.20. The molecule has 1 rings (SSSR count). The Balaban J connectivity index is 2.73. The molecule has 92 valence electrons. The van der Waals surface area contributed by atoms with Crippen LogP contribution >= 0.6 is 12.2 Å². The number of thiocarbonyl (C=S) groups is 1. The highest BCUT2D eigenvalue weighted by Crippen LogP contribution is 2.07. The lowest BCUT2D eigenvalue weighted by molar-refractivity contribution is 0.0786. The molecule has 1 heterocycles. The molecule has 0 bridgehead atoms. The van der Waals surface area contributed by atoms with Crippen LogP contribution in [0.25, 0.3) is 0 Å². The Morgan fingerprint density at radius 1 is 1.65 bits per heavy atom. The van der Waals surface area contributed by atoms with Crippen LogP contribution in [-0.4, -0.2) is 34.4 Å². The number of nitrogens with two attached hydrogens (primary N) is 1. The van der Waals surface area contributed by atoms with E-state index >= 15 is 0 Å². The number of hydrogen-bond acceptors (Lipinski definition) is 3. The zero-order valence-electron chi connectivity index (χ0n) is 9.68. The summed E-state index contributed by atoms with van der Waals surface area (Å²) in [5.74, 6) is -0.924. The molecule has 1 amide bonds. The van der Waals surface area contributed by atoms with Gasteiger partial charge in [-0.2, -0.15) is 0 Å². The largest absolute Gasteiger partial charge is 0.393 e. The molecule has 0 spiro atoms. The summed E-state index contributed by atoms with van der Waals surface area (Å²) in [4.78, 5) is 17.3. The first-order valence-electron chi connectivity index (χ1n) is 5.07. The van der Waals surface area contributed by atoms with Crippen molar-refractivity contribution in [3.63, 3.8) is 0 Å². The molecule has 1 aromatic heterocycles. The van der Waals surface area contributed by atoms with Crippen LogP contribution in [0.5, 0.6) is 0 Å². The number of amides is 1. The van der Waals surface area contributed by atoms with Crippen molar-refractivity contribution in [2.75, 3.05) is 13.6 Å². The topological polar surface area (TPSA) is 59.2 Å². The number of halogens is 1. The minimum absolute atomic E-state index is 0.0829. The molecule has 1 atom stereocenters. The van der Waals surface area contributed by atoms with Crippen molar-refractivity contribution in [2.24, 2.45) is 11.7 Å². The summed E-state index contributed by atoms with van der Waals surface area (Å²) in [6.07, 6.45) is 2.38. The summed E-state index contributed by atoms with van der Waals surface area (Å²) in [5.41, 5.74) is 5.68. The Hall–Kier alpha value is -1.56. The van der Waals surface area contributed by atoms with Crippen molar-refractivity contribution < 1.29 is 9.18 Å². The smallest absolute Gasteiger partial charge is 0.255 e. The molecule has 0 aliphatic heterocycles. The number of pyridine rings is 1. The SMILES string of the molecule is CC(CN(C)C(=O)c1cncc(F)c1)C(N)=S. The molecule has 0 radical (unpaired) electrons. The lowest BCUT2D eigenvalue weighted by atomic mass is 10.1. The second-order valence-electron chi connectivity index (χ2n) is 3.88. The second kappa shape index (κ2) is 5.67. The lowest BCUT2D eigenvalue weighted by Crippen LogP contribution is -2.35. The van der Waals surface area contributed by atoms with Gasteiger partial charge in [-0.05, 0) is 6.07 Å². The van der Waals surface area contributed by atoms with Crippen molar-refractivity contribution in [3.8, 4) is 0 Å². The fraction of sp³-hybridized carbons (Fsp3) is 0.364. The maximum Gasteiger partial charge on any atom is 0.255 e. The van der Waals surface area contributed by atoms with Gasteiger partial charge in [0.2, 0.25) is 0 Å². The number of rotatable bonds is 4. The Bertz CT molecular complexity index is 438. The average molecular weight is 255 g/mol. The van der Waals surface area contributed by atoms with Gasteiger partial charge in [-0.25, -0.2) is 4.39 Å². The highest BCUT2D eigenvalue weighted by molar-refractivity contribution is 7.80. The van der Waals surface area contributed by atoms with Crippen LogP contribution in [-0.2, 0) is 0 Å². The van der Waals surface area contributed by atoms with Crippen LogP contribution in [0.1, 0.15) is 17.3 Å². The maximum absolute atomic E-state index is 12.9. The first-order valence-corrected chi connectivity index (χ1v) is 5.48. The van der Waals surface area contributed by atoms with E-state index in [1.165, 1.54) is 11.1 Å². The molecule has 0 aliphatic carbocycles. The Morgan fingerprint density at radius 3 is 2.82 bits per heavy atom. The van der Waals surface area contributed by atoms with Crippen LogP contribution in [0.2, 0.25) is 0 Å². The number of carbonyl (C=O) groups excluding carboxylic acids is 1. The number of aromatic nitrogens is 1. The van der Waals surface area contributed by atoms with Crippen molar-refractivity contribution >= 4 is 23.1 Å². The summed E-state index contributed by atoms with van der Waals surface area (Å²) in [5, 5.41) is 0. The van der Waals surface area contributed by atoms with Crippen LogP contribution in [0.15, 0.2) is 18.5 Å². The van der Waals surface area contributed by atoms with E-state index in [1.807, 2.05) is 6.92 Å². The molecule has 4 nitrogen and oxygen atoms in total. The predicted octanol–water partition coefficient (Wildman–Crippen LogP) is 1.21. The van der Waals surface area contributed by atoms with Gasteiger partial charge in [0.05, 0.1) is 16.7 Å². The van der Waals surface area contributed by atoms with E-state index in [4.69, 9.17) is 18.0 Å². The van der Waals surface area contributed by atoms with Gasteiger partial charge in [0.25, 0.3) is 5.91 Å². The van der Waals surface area contributed by atoms with Gasteiger partial charge in [0, 0.05) is 25.7 Å². The normalized spacial score (nSPS) is 11.9. The van der Waals surface area contributed by atoms with E-state index in [2.05, 4.69) is 4.98 Å². The third-order valence-electron chi connectivity index (χ3n) is 2.33. The van der Waals surface area contributed by atoms with Gasteiger partial charge >= 0.3 is 0 Å². The molecule has 0 saturated carbocycles. The molecule has 0 aromatic carbocycles. The van der Waals surface area contributed by atoms with Gasteiger partial charge in [0.1, 0.15) is 5.82 Å². The van der Waals surface area contributed by atoms with Crippen LogP contribution in [0.4, 0.5) is 4.39 Å². The first kappa shape index (κ1) is 13.5. The van der Waals surface area contributed by atoms with Crippen LogP contribution in [0.3, 0.4) is 0 Å². The van der Waals surface area contributed by atoms with E-state index in [1.54, 1.807) is 7.05 Å². The maximum atomic E-state index is 12.9. The van der Waals surface area contributed by atoms with E-state index in [0.717, 1.165) is 12.3 Å². The summed E-state index contributed by atoms with van der Waals surface area (Å²) < 4.78 is 12.9. The summed E-state index contributed by atoms with van der Waals surface area (Å²) in [7, 11) is 1.61. The highest BCUT2D eigenvalue weighted by Gasteiger charge is 2.16. The van der Waals surface area contributed by atoms with E-state index in [0.29, 0.717) is 11.5 Å². The minimum atomic E-state index is -0.536. The Labute approximate surface area is 105 Å². The van der Waals surface area contributed by atoms with Gasteiger partial charge < -0.3 is 10.6 Å². The summed E-state index contributed by atoms with van der Waals surface area (Å²) in [6.45, 7) is 2.22. The molecular weight excluding hydrogens is 241 g/mol. The van der Waals surface area contributed by atoms with E-state index < -0.39 is 5.82 Å². The van der Waals surface area contributed by atoms with Gasteiger partial charge in [0.15, 0.2) is 0 Å². The fourth-order valence-electron chi connectivity index (χ4n) is 1.33. The first-order chi connectivity index (χ1) is 7.91. The average Bonchev–Trinajstić information content (AvgIpc) is 2.27. The molecule has 2 N–H and O–H groups in total. The standard InChI is InChI=1S/C11H14FN3OS/c1-7(10(13)17)6-15(2)11(16)8-3-9(12)5-14-4-8/h3-5,7H,6H2,1-2H3,(H2,13,17). The number of hydrogen-bond donors (Lipinski definition) is 1. The zero-order valence-corrected chi connectivity index (χ0v) is 10.5. The van der Waals surface area contributed by atoms with E-state index in [-0.39, 0.29) is 17.4 Å². The van der Waals surface area contributed by atoms with Gasteiger partial charge in [-0.1, -0.05) is 19.1 Å². The quantitative estimate of drug-likeness (QED) is 0.822. The predicted molar refractivity (Wildman–Crippen MR) is 67.1 cm³/mol. The monoisotopic (exact) mass is 255 g/mol.